The normalized spacial score (nSPS) is 16.5. The summed E-state index contributed by atoms with van der Waals surface area (Å²) in [6, 6.07) is 3.87. The first kappa shape index (κ1) is 14.2. The van der Waals surface area contributed by atoms with Crippen LogP contribution < -0.4 is 10.5 Å². The zero-order chi connectivity index (χ0) is 14.8. The Kier molecular flexibility index (Phi) is 4.03. The number of fused-ring (bicyclic) bond motifs is 1. The minimum Gasteiger partial charge on any atom is -0.490 e. The highest BCUT2D eigenvalue weighted by atomic mass is 16.5. The van der Waals surface area contributed by atoms with Gasteiger partial charge in [0.15, 0.2) is 0 Å². The van der Waals surface area contributed by atoms with Crippen LogP contribution in [0.5, 0.6) is 5.75 Å². The standard InChI is InChI=1S/C16H23N3O2/c1-11-12(2)18-16-14(4-3-13(17)15(11)16)21-10-7-19-5-8-20-9-6-19/h3-4,18H,5-10,17H2,1-2H3. The van der Waals surface area contributed by atoms with Crippen molar-refractivity contribution in [2.45, 2.75) is 13.8 Å². The number of aromatic amines is 1. The van der Waals surface area contributed by atoms with Crippen LogP contribution in [0.25, 0.3) is 10.9 Å². The number of nitrogens with zero attached hydrogens (tertiary/aromatic N) is 1. The minimum absolute atomic E-state index is 0.677. The molecular formula is C16H23N3O2. The number of nitrogens with two attached hydrogens (primary N) is 1. The Bertz CT molecular complexity index is 630. The molecule has 3 N–H and O–H groups in total. The molecule has 114 valence electrons. The molecule has 21 heavy (non-hydrogen) atoms. The number of hydrogen-bond donors (Lipinski definition) is 2. The summed E-state index contributed by atoms with van der Waals surface area (Å²) in [5.74, 6) is 0.878. The molecule has 1 fully saturated rings. The Hall–Kier alpha value is -1.72. The summed E-state index contributed by atoms with van der Waals surface area (Å²) in [6.45, 7) is 9.36. The van der Waals surface area contributed by atoms with Gasteiger partial charge in [0, 0.05) is 36.4 Å². The van der Waals surface area contributed by atoms with Crippen molar-refractivity contribution in [2.75, 3.05) is 45.2 Å². The van der Waals surface area contributed by atoms with Gasteiger partial charge in [-0.05, 0) is 31.5 Å². The van der Waals surface area contributed by atoms with E-state index in [4.69, 9.17) is 15.2 Å². The molecule has 0 bridgehead atoms. The quantitative estimate of drug-likeness (QED) is 0.846. The van der Waals surface area contributed by atoms with Crippen molar-refractivity contribution >= 4 is 16.6 Å². The zero-order valence-corrected chi connectivity index (χ0v) is 12.7. The first-order valence-corrected chi connectivity index (χ1v) is 7.47. The van der Waals surface area contributed by atoms with Crippen LogP contribution in [0.2, 0.25) is 0 Å². The third kappa shape index (κ3) is 2.84. The van der Waals surface area contributed by atoms with E-state index in [0.717, 1.165) is 60.9 Å². The number of aryl methyl sites for hydroxylation is 2. The third-order valence-corrected chi connectivity index (χ3v) is 4.22. The highest BCUT2D eigenvalue weighted by Crippen LogP contribution is 2.33. The molecule has 2 heterocycles. The van der Waals surface area contributed by atoms with Gasteiger partial charge in [0.25, 0.3) is 0 Å². The number of rotatable bonds is 4. The van der Waals surface area contributed by atoms with E-state index in [1.807, 2.05) is 12.1 Å². The number of aromatic nitrogens is 1. The van der Waals surface area contributed by atoms with Crippen LogP contribution in [0.1, 0.15) is 11.3 Å². The summed E-state index contributed by atoms with van der Waals surface area (Å²) in [6.07, 6.45) is 0. The average molecular weight is 289 g/mol. The Morgan fingerprint density at radius 1 is 1.29 bits per heavy atom. The van der Waals surface area contributed by atoms with E-state index < -0.39 is 0 Å². The van der Waals surface area contributed by atoms with Gasteiger partial charge >= 0.3 is 0 Å². The number of ether oxygens (including phenoxy) is 2. The number of benzene rings is 1. The number of morpholine rings is 1. The predicted octanol–water partition coefficient (Wildman–Crippen LogP) is 2.08. The molecule has 1 saturated heterocycles. The smallest absolute Gasteiger partial charge is 0.143 e. The molecular weight excluding hydrogens is 266 g/mol. The molecule has 0 unspecified atom stereocenters. The van der Waals surface area contributed by atoms with Gasteiger partial charge < -0.3 is 20.2 Å². The van der Waals surface area contributed by atoms with Crippen LogP contribution >= 0.6 is 0 Å². The van der Waals surface area contributed by atoms with Crippen LogP contribution in [-0.4, -0.2) is 49.3 Å². The topological polar surface area (TPSA) is 63.5 Å². The van der Waals surface area contributed by atoms with Crippen molar-refractivity contribution < 1.29 is 9.47 Å². The van der Waals surface area contributed by atoms with E-state index in [9.17, 15) is 0 Å². The van der Waals surface area contributed by atoms with Gasteiger partial charge in [-0.1, -0.05) is 0 Å². The lowest BCUT2D eigenvalue weighted by Gasteiger charge is -2.26. The first-order valence-electron chi connectivity index (χ1n) is 7.47. The number of H-pyrrole nitrogens is 1. The van der Waals surface area contributed by atoms with Gasteiger partial charge in [-0.25, -0.2) is 0 Å². The van der Waals surface area contributed by atoms with Crippen molar-refractivity contribution in [1.29, 1.82) is 0 Å². The molecule has 5 nitrogen and oxygen atoms in total. The summed E-state index contributed by atoms with van der Waals surface area (Å²) >= 11 is 0. The molecule has 0 atom stereocenters. The van der Waals surface area contributed by atoms with E-state index in [1.54, 1.807) is 0 Å². The van der Waals surface area contributed by atoms with E-state index in [1.165, 1.54) is 5.56 Å². The Labute approximate surface area is 125 Å². The summed E-state index contributed by atoms with van der Waals surface area (Å²) in [7, 11) is 0. The fourth-order valence-corrected chi connectivity index (χ4v) is 2.83. The maximum Gasteiger partial charge on any atom is 0.143 e. The lowest BCUT2D eigenvalue weighted by atomic mass is 10.1. The van der Waals surface area contributed by atoms with Crippen LogP contribution in [0.4, 0.5) is 5.69 Å². The first-order chi connectivity index (χ1) is 10.2. The highest BCUT2D eigenvalue weighted by molar-refractivity contribution is 5.98. The highest BCUT2D eigenvalue weighted by Gasteiger charge is 2.13. The molecule has 1 aliphatic heterocycles. The van der Waals surface area contributed by atoms with Crippen molar-refractivity contribution in [3.05, 3.63) is 23.4 Å². The van der Waals surface area contributed by atoms with E-state index >= 15 is 0 Å². The lowest BCUT2D eigenvalue weighted by Crippen LogP contribution is -2.38. The summed E-state index contributed by atoms with van der Waals surface area (Å²) < 4.78 is 11.3. The van der Waals surface area contributed by atoms with Gasteiger partial charge in [0.1, 0.15) is 12.4 Å². The molecule has 1 aromatic carbocycles. The minimum atomic E-state index is 0.677. The van der Waals surface area contributed by atoms with Gasteiger partial charge in [-0.15, -0.1) is 0 Å². The molecule has 0 spiro atoms. The molecule has 0 aliphatic carbocycles. The zero-order valence-electron chi connectivity index (χ0n) is 12.7. The number of anilines is 1. The second-order valence-corrected chi connectivity index (χ2v) is 5.58. The molecule has 0 radical (unpaired) electrons. The maximum atomic E-state index is 6.09. The van der Waals surface area contributed by atoms with Gasteiger partial charge in [-0.2, -0.15) is 0 Å². The summed E-state index contributed by atoms with van der Waals surface area (Å²) in [5.41, 5.74) is 10.2. The Morgan fingerprint density at radius 3 is 2.81 bits per heavy atom. The monoisotopic (exact) mass is 289 g/mol. The molecule has 0 saturated carbocycles. The van der Waals surface area contributed by atoms with Crippen LogP contribution in [0.3, 0.4) is 0 Å². The average Bonchev–Trinajstić information content (AvgIpc) is 2.79. The van der Waals surface area contributed by atoms with Crippen LogP contribution in [-0.2, 0) is 4.74 Å². The lowest BCUT2D eigenvalue weighted by molar-refractivity contribution is 0.0323. The predicted molar refractivity (Wildman–Crippen MR) is 84.9 cm³/mol. The fraction of sp³-hybridized carbons (Fsp3) is 0.500. The molecule has 1 aliphatic rings. The SMILES string of the molecule is Cc1[nH]c2c(OCCN3CCOCC3)ccc(N)c2c1C. The maximum absolute atomic E-state index is 6.09. The van der Waals surface area contributed by atoms with Crippen LogP contribution in [0.15, 0.2) is 12.1 Å². The molecule has 5 heteroatoms. The van der Waals surface area contributed by atoms with Crippen molar-refractivity contribution in [3.8, 4) is 5.75 Å². The van der Waals surface area contributed by atoms with Gasteiger partial charge in [0.05, 0.1) is 18.7 Å². The van der Waals surface area contributed by atoms with E-state index in [0.29, 0.717) is 6.61 Å². The molecule has 3 rings (SSSR count). The molecule has 2 aromatic rings. The summed E-state index contributed by atoms with van der Waals surface area (Å²) in [4.78, 5) is 5.75. The Balaban J connectivity index is 1.72. The largest absolute Gasteiger partial charge is 0.490 e. The van der Waals surface area contributed by atoms with E-state index in [2.05, 4.69) is 23.7 Å². The van der Waals surface area contributed by atoms with E-state index in [-0.39, 0.29) is 0 Å². The van der Waals surface area contributed by atoms with Gasteiger partial charge in [-0.3, -0.25) is 4.90 Å². The molecule has 0 amide bonds. The van der Waals surface area contributed by atoms with Crippen molar-refractivity contribution in [3.63, 3.8) is 0 Å². The van der Waals surface area contributed by atoms with Gasteiger partial charge in [0.2, 0.25) is 0 Å². The van der Waals surface area contributed by atoms with Crippen molar-refractivity contribution in [2.24, 2.45) is 0 Å². The fourth-order valence-electron chi connectivity index (χ4n) is 2.83. The van der Waals surface area contributed by atoms with Crippen molar-refractivity contribution in [1.82, 2.24) is 9.88 Å². The summed E-state index contributed by atoms with van der Waals surface area (Å²) in [5, 5.41) is 1.08. The number of nitrogens with one attached hydrogen (secondary N) is 1. The Morgan fingerprint density at radius 2 is 2.05 bits per heavy atom. The van der Waals surface area contributed by atoms with Crippen LogP contribution in [0, 0.1) is 13.8 Å². The second kappa shape index (κ2) is 5.95. The second-order valence-electron chi connectivity index (χ2n) is 5.58. The number of hydrogen-bond acceptors (Lipinski definition) is 4. The number of nitrogen functional groups attached to an aromatic ring is 1. The third-order valence-electron chi connectivity index (χ3n) is 4.22. The molecule has 1 aromatic heterocycles.